The predicted octanol–water partition coefficient (Wildman–Crippen LogP) is 3.36. The number of rotatable bonds is 5. The summed E-state index contributed by atoms with van der Waals surface area (Å²) in [5.74, 6) is -0.878. The van der Waals surface area contributed by atoms with Crippen molar-refractivity contribution in [3.63, 3.8) is 0 Å². The molecule has 0 aliphatic rings. The number of nitrogens with zero attached hydrogens (tertiary/aromatic N) is 1. The Kier molecular flexibility index (Phi) is 6.01. The number of esters is 1. The number of hydrogen-bond donors (Lipinski definition) is 1. The molecule has 0 aliphatic heterocycles. The number of carbonyl (C=O) groups is 3. The lowest BCUT2D eigenvalue weighted by molar-refractivity contribution is -0.131. The molecule has 0 aromatic heterocycles. The van der Waals surface area contributed by atoms with Crippen LogP contribution in [-0.4, -0.2) is 17.7 Å². The molecule has 130 valence electrons. The highest BCUT2D eigenvalue weighted by atomic mass is 16.5. The Morgan fingerprint density at radius 2 is 1.69 bits per heavy atom. The summed E-state index contributed by atoms with van der Waals surface area (Å²) in [5, 5.41) is 11.9. The van der Waals surface area contributed by atoms with E-state index in [1.165, 1.54) is 19.9 Å². The highest BCUT2D eigenvalue weighted by Crippen LogP contribution is 2.18. The van der Waals surface area contributed by atoms with Gasteiger partial charge >= 0.3 is 5.97 Å². The molecule has 1 amide bonds. The van der Waals surface area contributed by atoms with Crippen LogP contribution in [0, 0.1) is 11.3 Å². The Morgan fingerprint density at radius 1 is 1.04 bits per heavy atom. The van der Waals surface area contributed by atoms with Gasteiger partial charge in [-0.05, 0) is 42.8 Å². The van der Waals surface area contributed by atoms with E-state index < -0.39 is 11.9 Å². The number of amides is 1. The van der Waals surface area contributed by atoms with Crippen molar-refractivity contribution >= 4 is 29.4 Å². The van der Waals surface area contributed by atoms with Gasteiger partial charge in [0.1, 0.15) is 17.4 Å². The number of nitrogens with one attached hydrogen (secondary N) is 1. The minimum absolute atomic E-state index is 0.122. The topological polar surface area (TPSA) is 96.3 Å². The van der Waals surface area contributed by atoms with Crippen molar-refractivity contribution in [1.82, 2.24) is 0 Å². The molecule has 6 nitrogen and oxygen atoms in total. The van der Waals surface area contributed by atoms with Crippen molar-refractivity contribution in [2.75, 3.05) is 5.32 Å². The second-order valence-electron chi connectivity index (χ2n) is 5.39. The lowest BCUT2D eigenvalue weighted by Gasteiger charge is -2.08. The minimum atomic E-state index is -0.620. The SMILES string of the molecule is CC(=O)Oc1ccc(/C=C(/C#N)C(=O)Nc2ccccc2C(C)=O)cc1. The quantitative estimate of drug-likeness (QED) is 0.294. The number of benzene rings is 2. The minimum Gasteiger partial charge on any atom is -0.427 e. The average molecular weight is 348 g/mol. The van der Waals surface area contributed by atoms with Gasteiger partial charge in [0, 0.05) is 12.5 Å². The van der Waals surface area contributed by atoms with Crippen molar-refractivity contribution < 1.29 is 19.1 Å². The van der Waals surface area contributed by atoms with E-state index in [0.717, 1.165) is 0 Å². The second-order valence-corrected chi connectivity index (χ2v) is 5.39. The van der Waals surface area contributed by atoms with Crippen molar-refractivity contribution in [2.45, 2.75) is 13.8 Å². The normalized spacial score (nSPS) is 10.6. The van der Waals surface area contributed by atoms with Gasteiger partial charge < -0.3 is 10.1 Å². The van der Waals surface area contributed by atoms with Gasteiger partial charge in [0.15, 0.2) is 5.78 Å². The van der Waals surface area contributed by atoms with E-state index in [-0.39, 0.29) is 11.4 Å². The maximum atomic E-state index is 12.4. The number of ketones is 1. The summed E-state index contributed by atoms with van der Waals surface area (Å²) in [7, 11) is 0. The third-order valence-electron chi connectivity index (χ3n) is 3.37. The van der Waals surface area contributed by atoms with Crippen LogP contribution < -0.4 is 10.1 Å². The van der Waals surface area contributed by atoms with E-state index in [1.807, 2.05) is 6.07 Å². The zero-order valence-electron chi connectivity index (χ0n) is 14.3. The maximum absolute atomic E-state index is 12.4. The summed E-state index contributed by atoms with van der Waals surface area (Å²) in [5.41, 5.74) is 1.18. The molecule has 26 heavy (non-hydrogen) atoms. The summed E-state index contributed by atoms with van der Waals surface area (Å²) in [4.78, 5) is 34.9. The Balaban J connectivity index is 2.21. The molecule has 2 aromatic carbocycles. The van der Waals surface area contributed by atoms with Gasteiger partial charge in [0.25, 0.3) is 5.91 Å². The summed E-state index contributed by atoms with van der Waals surface area (Å²) in [6.07, 6.45) is 1.41. The van der Waals surface area contributed by atoms with Crippen LogP contribution in [0.15, 0.2) is 54.1 Å². The highest BCUT2D eigenvalue weighted by Gasteiger charge is 2.13. The van der Waals surface area contributed by atoms with Gasteiger partial charge in [-0.15, -0.1) is 0 Å². The van der Waals surface area contributed by atoms with Crippen LogP contribution in [0.25, 0.3) is 6.08 Å². The van der Waals surface area contributed by atoms with Crippen LogP contribution in [0.1, 0.15) is 29.8 Å². The summed E-state index contributed by atoms with van der Waals surface area (Å²) in [6, 6.07) is 14.8. The van der Waals surface area contributed by atoms with Crippen molar-refractivity contribution in [3.8, 4) is 11.8 Å². The predicted molar refractivity (Wildman–Crippen MR) is 96.4 cm³/mol. The molecule has 0 saturated carbocycles. The number of carbonyl (C=O) groups excluding carboxylic acids is 3. The molecular formula is C20H16N2O4. The molecule has 0 atom stereocenters. The van der Waals surface area contributed by atoms with Crippen LogP contribution in [0.3, 0.4) is 0 Å². The molecule has 2 aromatic rings. The van der Waals surface area contributed by atoms with Crippen LogP contribution in [0.4, 0.5) is 5.69 Å². The third kappa shape index (κ3) is 4.89. The van der Waals surface area contributed by atoms with Crippen LogP contribution >= 0.6 is 0 Å². The fourth-order valence-corrected chi connectivity index (χ4v) is 2.20. The molecule has 0 aliphatic carbocycles. The lowest BCUT2D eigenvalue weighted by atomic mass is 10.1. The molecule has 0 bridgehead atoms. The van der Waals surface area contributed by atoms with Gasteiger partial charge in [-0.2, -0.15) is 5.26 Å². The first kappa shape index (κ1) is 18.6. The number of hydrogen-bond acceptors (Lipinski definition) is 5. The van der Waals surface area contributed by atoms with Gasteiger partial charge in [0.2, 0.25) is 0 Å². The van der Waals surface area contributed by atoms with E-state index >= 15 is 0 Å². The average Bonchev–Trinajstić information content (AvgIpc) is 2.60. The Morgan fingerprint density at radius 3 is 2.27 bits per heavy atom. The monoisotopic (exact) mass is 348 g/mol. The van der Waals surface area contributed by atoms with Crippen molar-refractivity contribution in [2.24, 2.45) is 0 Å². The highest BCUT2D eigenvalue weighted by molar-refractivity contribution is 6.12. The fourth-order valence-electron chi connectivity index (χ4n) is 2.20. The van der Waals surface area contributed by atoms with Crippen LogP contribution in [-0.2, 0) is 9.59 Å². The standard InChI is InChI=1S/C20H16N2O4/c1-13(23)18-5-3-4-6-19(18)22-20(25)16(12-21)11-15-7-9-17(10-8-15)26-14(2)24/h3-11H,1-2H3,(H,22,25)/b16-11-. The maximum Gasteiger partial charge on any atom is 0.308 e. The molecule has 0 unspecified atom stereocenters. The van der Waals surface area contributed by atoms with Gasteiger partial charge in [-0.3, -0.25) is 14.4 Å². The van der Waals surface area contributed by atoms with Gasteiger partial charge in [0.05, 0.1) is 5.69 Å². The number of ether oxygens (including phenoxy) is 1. The molecule has 6 heteroatoms. The van der Waals surface area contributed by atoms with E-state index in [4.69, 9.17) is 4.74 Å². The molecule has 0 heterocycles. The summed E-state index contributed by atoms with van der Waals surface area (Å²) >= 11 is 0. The number of Topliss-reactive ketones (excluding diaryl/α,β-unsaturated/α-hetero) is 1. The largest absolute Gasteiger partial charge is 0.427 e. The van der Waals surface area contributed by atoms with Crippen molar-refractivity contribution in [1.29, 1.82) is 5.26 Å². The smallest absolute Gasteiger partial charge is 0.308 e. The Hall–Kier alpha value is -3.72. The molecule has 0 fully saturated rings. The number of para-hydroxylation sites is 1. The van der Waals surface area contributed by atoms with Crippen LogP contribution in [0.5, 0.6) is 5.75 Å². The van der Waals surface area contributed by atoms with E-state index in [1.54, 1.807) is 48.5 Å². The summed E-state index contributed by atoms with van der Waals surface area (Å²) < 4.78 is 4.93. The van der Waals surface area contributed by atoms with E-state index in [9.17, 15) is 19.6 Å². The summed E-state index contributed by atoms with van der Waals surface area (Å²) in [6.45, 7) is 2.70. The molecule has 2 rings (SSSR count). The first-order valence-corrected chi connectivity index (χ1v) is 7.72. The second kappa shape index (κ2) is 8.40. The number of anilines is 1. The lowest BCUT2D eigenvalue weighted by Crippen LogP contribution is -2.15. The van der Waals surface area contributed by atoms with Crippen LogP contribution in [0.2, 0.25) is 0 Å². The third-order valence-corrected chi connectivity index (χ3v) is 3.37. The molecule has 0 saturated heterocycles. The Bertz CT molecular complexity index is 922. The Labute approximate surface area is 150 Å². The first-order chi connectivity index (χ1) is 12.4. The zero-order chi connectivity index (χ0) is 19.1. The number of nitriles is 1. The van der Waals surface area contributed by atoms with Gasteiger partial charge in [-0.1, -0.05) is 24.3 Å². The van der Waals surface area contributed by atoms with E-state index in [2.05, 4.69) is 5.32 Å². The fraction of sp³-hybridized carbons (Fsp3) is 0.100. The van der Waals surface area contributed by atoms with Gasteiger partial charge in [-0.25, -0.2) is 0 Å². The molecule has 0 spiro atoms. The first-order valence-electron chi connectivity index (χ1n) is 7.72. The zero-order valence-corrected chi connectivity index (χ0v) is 14.3. The molecular weight excluding hydrogens is 332 g/mol. The molecule has 0 radical (unpaired) electrons. The van der Waals surface area contributed by atoms with E-state index in [0.29, 0.717) is 22.6 Å². The molecule has 1 N–H and O–H groups in total. The van der Waals surface area contributed by atoms with Crippen molar-refractivity contribution in [3.05, 3.63) is 65.2 Å².